The van der Waals surface area contributed by atoms with Crippen molar-refractivity contribution in [2.24, 2.45) is 0 Å². The van der Waals surface area contributed by atoms with Crippen molar-refractivity contribution in [3.63, 3.8) is 0 Å². The molecule has 0 aliphatic rings. The van der Waals surface area contributed by atoms with E-state index in [-0.39, 0.29) is 23.4 Å². The van der Waals surface area contributed by atoms with Crippen LogP contribution in [-0.2, 0) is 4.79 Å². The molecule has 118 valence electrons. The molecule has 1 N–H and O–H groups in total. The second-order valence-electron chi connectivity index (χ2n) is 5.04. The first-order chi connectivity index (χ1) is 11.1. The van der Waals surface area contributed by atoms with Crippen molar-refractivity contribution in [2.45, 2.75) is 12.5 Å². The third-order valence-electron chi connectivity index (χ3n) is 3.44. The Labute approximate surface area is 142 Å². The zero-order valence-electron chi connectivity index (χ0n) is 12.1. The number of nitrogens with one attached hydrogen (secondary N) is 1. The summed E-state index contributed by atoms with van der Waals surface area (Å²) in [5.41, 5.74) is 0.413. The Morgan fingerprint density at radius 3 is 2.70 bits per heavy atom. The minimum atomic E-state index is -0.434. The average molecular weight is 349 g/mol. The molecule has 3 aromatic rings. The SMILES string of the molecule is O=C(CC(c1cccs1)n1cccc1)Nc1ccc(F)cc1Cl. The van der Waals surface area contributed by atoms with Gasteiger partial charge in [0.15, 0.2) is 0 Å². The molecule has 0 saturated carbocycles. The van der Waals surface area contributed by atoms with Gasteiger partial charge in [0.2, 0.25) is 5.91 Å². The number of amides is 1. The van der Waals surface area contributed by atoms with E-state index >= 15 is 0 Å². The van der Waals surface area contributed by atoms with Crippen LogP contribution in [0, 0.1) is 5.82 Å². The molecule has 1 unspecified atom stereocenters. The van der Waals surface area contributed by atoms with E-state index in [2.05, 4.69) is 5.32 Å². The molecule has 0 spiro atoms. The summed E-state index contributed by atoms with van der Waals surface area (Å²) in [4.78, 5) is 13.5. The number of hydrogen-bond acceptors (Lipinski definition) is 2. The van der Waals surface area contributed by atoms with Crippen molar-refractivity contribution in [2.75, 3.05) is 5.32 Å². The molecule has 0 aliphatic heterocycles. The lowest BCUT2D eigenvalue weighted by atomic mass is 10.1. The van der Waals surface area contributed by atoms with Gasteiger partial charge >= 0.3 is 0 Å². The number of aromatic nitrogens is 1. The fourth-order valence-corrected chi connectivity index (χ4v) is 3.41. The zero-order chi connectivity index (χ0) is 16.2. The van der Waals surface area contributed by atoms with E-state index in [0.29, 0.717) is 5.69 Å². The van der Waals surface area contributed by atoms with Crippen molar-refractivity contribution in [3.8, 4) is 0 Å². The monoisotopic (exact) mass is 348 g/mol. The molecular weight excluding hydrogens is 335 g/mol. The molecule has 3 nitrogen and oxygen atoms in total. The maximum atomic E-state index is 13.1. The molecule has 3 rings (SSSR count). The highest BCUT2D eigenvalue weighted by Crippen LogP contribution is 2.28. The molecule has 1 amide bonds. The fraction of sp³-hybridized carbons (Fsp3) is 0.118. The van der Waals surface area contributed by atoms with Crippen LogP contribution in [0.2, 0.25) is 5.02 Å². The predicted molar refractivity (Wildman–Crippen MR) is 91.5 cm³/mol. The van der Waals surface area contributed by atoms with Gasteiger partial charge in [0.1, 0.15) is 5.82 Å². The number of rotatable bonds is 5. The second-order valence-corrected chi connectivity index (χ2v) is 6.42. The number of benzene rings is 1. The highest BCUT2D eigenvalue weighted by molar-refractivity contribution is 7.10. The van der Waals surface area contributed by atoms with E-state index < -0.39 is 5.82 Å². The highest BCUT2D eigenvalue weighted by atomic mass is 35.5. The summed E-state index contributed by atoms with van der Waals surface area (Å²) >= 11 is 7.56. The molecule has 2 heterocycles. The molecule has 0 radical (unpaired) electrons. The number of carbonyl (C=O) groups excluding carboxylic acids is 1. The maximum Gasteiger partial charge on any atom is 0.226 e. The Bertz CT molecular complexity index is 753. The van der Waals surface area contributed by atoms with Gasteiger partial charge < -0.3 is 9.88 Å². The van der Waals surface area contributed by atoms with Crippen LogP contribution < -0.4 is 5.32 Å². The lowest BCUT2D eigenvalue weighted by Crippen LogP contribution is -2.19. The van der Waals surface area contributed by atoms with E-state index in [4.69, 9.17) is 11.6 Å². The smallest absolute Gasteiger partial charge is 0.226 e. The summed E-state index contributed by atoms with van der Waals surface area (Å²) in [5, 5.41) is 4.92. The Morgan fingerprint density at radius 1 is 1.26 bits per heavy atom. The van der Waals surface area contributed by atoms with E-state index in [1.165, 1.54) is 18.2 Å². The second kappa shape index (κ2) is 6.98. The number of nitrogens with zero attached hydrogens (tertiary/aromatic N) is 1. The van der Waals surface area contributed by atoms with Crippen molar-refractivity contribution in [3.05, 3.63) is 76.0 Å². The molecule has 0 fully saturated rings. The van der Waals surface area contributed by atoms with Gasteiger partial charge in [0.25, 0.3) is 0 Å². The largest absolute Gasteiger partial charge is 0.346 e. The summed E-state index contributed by atoms with van der Waals surface area (Å²) in [6.07, 6.45) is 4.13. The molecule has 1 atom stereocenters. The summed E-state index contributed by atoms with van der Waals surface area (Å²) in [6, 6.07) is 11.7. The van der Waals surface area contributed by atoms with Gasteiger partial charge in [-0.1, -0.05) is 17.7 Å². The molecular formula is C17H14ClFN2OS. The normalized spacial score (nSPS) is 12.1. The Balaban J connectivity index is 1.76. The minimum absolute atomic E-state index is 0.0794. The molecule has 0 aliphatic carbocycles. The van der Waals surface area contributed by atoms with Crippen LogP contribution >= 0.6 is 22.9 Å². The van der Waals surface area contributed by atoms with Gasteiger partial charge in [-0.05, 0) is 41.8 Å². The molecule has 0 bridgehead atoms. The van der Waals surface area contributed by atoms with Crippen molar-refractivity contribution >= 4 is 34.5 Å². The Kier molecular flexibility index (Phi) is 4.79. The molecule has 2 aromatic heterocycles. The Morgan fingerprint density at radius 2 is 2.04 bits per heavy atom. The third-order valence-corrected chi connectivity index (χ3v) is 4.73. The van der Waals surface area contributed by atoms with Gasteiger partial charge in [-0.3, -0.25) is 4.79 Å². The van der Waals surface area contributed by atoms with Gasteiger partial charge in [0.05, 0.1) is 23.2 Å². The summed E-state index contributed by atoms with van der Waals surface area (Å²) in [6.45, 7) is 0. The zero-order valence-corrected chi connectivity index (χ0v) is 13.7. The van der Waals surface area contributed by atoms with Crippen molar-refractivity contribution < 1.29 is 9.18 Å². The standard InChI is InChI=1S/C17H14ClFN2OS/c18-13-10-12(19)5-6-14(13)20-17(22)11-15(16-4-3-9-23-16)21-7-1-2-8-21/h1-10,15H,11H2,(H,20,22). The maximum absolute atomic E-state index is 13.1. The van der Waals surface area contributed by atoms with Crippen molar-refractivity contribution in [1.29, 1.82) is 0 Å². The van der Waals surface area contributed by atoms with E-state index in [1.54, 1.807) is 11.3 Å². The summed E-state index contributed by atoms with van der Waals surface area (Å²) in [7, 11) is 0. The third kappa shape index (κ3) is 3.81. The molecule has 0 saturated heterocycles. The summed E-state index contributed by atoms with van der Waals surface area (Å²) < 4.78 is 15.1. The van der Waals surface area contributed by atoms with Gasteiger partial charge in [0, 0.05) is 17.3 Å². The van der Waals surface area contributed by atoms with Crippen LogP contribution in [0.25, 0.3) is 0 Å². The highest BCUT2D eigenvalue weighted by Gasteiger charge is 2.19. The van der Waals surface area contributed by atoms with E-state index in [0.717, 1.165) is 4.88 Å². The van der Waals surface area contributed by atoms with Gasteiger partial charge in [-0.25, -0.2) is 4.39 Å². The molecule has 23 heavy (non-hydrogen) atoms. The lowest BCUT2D eigenvalue weighted by Gasteiger charge is -2.17. The number of carbonyl (C=O) groups is 1. The van der Waals surface area contributed by atoms with Gasteiger partial charge in [-0.15, -0.1) is 11.3 Å². The molecule has 6 heteroatoms. The van der Waals surface area contributed by atoms with E-state index in [1.807, 2.05) is 46.6 Å². The number of halogens is 2. The van der Waals surface area contributed by atoms with Crippen LogP contribution in [0.3, 0.4) is 0 Å². The fourth-order valence-electron chi connectivity index (χ4n) is 2.36. The van der Waals surface area contributed by atoms with Crippen LogP contribution in [0.4, 0.5) is 10.1 Å². The number of hydrogen-bond donors (Lipinski definition) is 1. The minimum Gasteiger partial charge on any atom is -0.346 e. The quantitative estimate of drug-likeness (QED) is 0.694. The van der Waals surface area contributed by atoms with Crippen LogP contribution in [0.1, 0.15) is 17.3 Å². The summed E-state index contributed by atoms with van der Waals surface area (Å²) in [5.74, 6) is -0.609. The molecule has 1 aromatic carbocycles. The van der Waals surface area contributed by atoms with Crippen molar-refractivity contribution in [1.82, 2.24) is 4.57 Å². The lowest BCUT2D eigenvalue weighted by molar-refractivity contribution is -0.116. The first-order valence-electron chi connectivity index (χ1n) is 7.04. The van der Waals surface area contributed by atoms with Crippen LogP contribution in [-0.4, -0.2) is 10.5 Å². The van der Waals surface area contributed by atoms with Crippen LogP contribution in [0.15, 0.2) is 60.2 Å². The number of anilines is 1. The average Bonchev–Trinajstić information content (AvgIpc) is 3.21. The van der Waals surface area contributed by atoms with E-state index in [9.17, 15) is 9.18 Å². The first kappa shape index (κ1) is 15.8. The van der Waals surface area contributed by atoms with Gasteiger partial charge in [-0.2, -0.15) is 0 Å². The predicted octanol–water partition coefficient (Wildman–Crippen LogP) is 4.96. The first-order valence-corrected chi connectivity index (χ1v) is 8.30. The van der Waals surface area contributed by atoms with Crippen LogP contribution in [0.5, 0.6) is 0 Å². The Hall–Kier alpha value is -2.11. The number of thiophene rings is 1. The topological polar surface area (TPSA) is 34.0 Å².